The van der Waals surface area contributed by atoms with Gasteiger partial charge in [-0.2, -0.15) is 9.78 Å². The number of rotatable bonds is 6. The highest BCUT2D eigenvalue weighted by atomic mass is 16.2. The molecule has 0 atom stereocenters. The first-order chi connectivity index (χ1) is 13.9. The van der Waals surface area contributed by atoms with E-state index in [-0.39, 0.29) is 29.0 Å². The van der Waals surface area contributed by atoms with E-state index >= 15 is 0 Å². The molecule has 0 saturated heterocycles. The number of para-hydroxylation sites is 1. The van der Waals surface area contributed by atoms with Crippen molar-refractivity contribution in [2.45, 2.75) is 20.4 Å². The quantitative estimate of drug-likeness (QED) is 0.677. The van der Waals surface area contributed by atoms with Gasteiger partial charge in [-0.05, 0) is 35.9 Å². The van der Waals surface area contributed by atoms with Gasteiger partial charge < -0.3 is 10.6 Å². The Morgan fingerprint density at radius 1 is 0.966 bits per heavy atom. The number of aromatic nitrogens is 2. The van der Waals surface area contributed by atoms with Crippen molar-refractivity contribution in [3.8, 4) is 5.69 Å². The Morgan fingerprint density at radius 2 is 1.66 bits per heavy atom. The van der Waals surface area contributed by atoms with Crippen LogP contribution in [0.3, 0.4) is 0 Å². The average molecular weight is 390 g/mol. The van der Waals surface area contributed by atoms with E-state index < -0.39 is 0 Å². The number of nitrogens with one attached hydrogen (secondary N) is 2. The van der Waals surface area contributed by atoms with Crippen LogP contribution in [0.4, 0.5) is 5.69 Å². The fraction of sp³-hybridized carbons (Fsp3) is 0.182. The van der Waals surface area contributed by atoms with Crippen LogP contribution in [-0.2, 0) is 11.3 Å². The highest BCUT2D eigenvalue weighted by Crippen LogP contribution is 2.11. The largest absolute Gasteiger partial charge is 0.347 e. The molecular weight excluding hydrogens is 368 g/mol. The summed E-state index contributed by atoms with van der Waals surface area (Å²) in [5.41, 5.74) is 2.00. The van der Waals surface area contributed by atoms with Crippen LogP contribution in [0.2, 0.25) is 0 Å². The van der Waals surface area contributed by atoms with Crippen molar-refractivity contribution in [3.05, 3.63) is 88.3 Å². The molecule has 0 radical (unpaired) electrons. The molecule has 0 spiro atoms. The molecule has 148 valence electrons. The second kappa shape index (κ2) is 8.97. The normalized spacial score (nSPS) is 10.6. The summed E-state index contributed by atoms with van der Waals surface area (Å²) >= 11 is 0. The number of nitrogens with zero attached hydrogens (tertiary/aromatic N) is 2. The number of amides is 2. The van der Waals surface area contributed by atoms with Gasteiger partial charge in [-0.3, -0.25) is 14.4 Å². The van der Waals surface area contributed by atoms with Gasteiger partial charge in [-0.25, -0.2) is 0 Å². The van der Waals surface area contributed by atoms with Crippen LogP contribution in [0.1, 0.15) is 29.9 Å². The van der Waals surface area contributed by atoms with Crippen molar-refractivity contribution < 1.29 is 9.59 Å². The second-order valence-electron chi connectivity index (χ2n) is 6.83. The number of carbonyl (C=O) groups is 2. The molecule has 0 unspecified atom stereocenters. The lowest BCUT2D eigenvalue weighted by Crippen LogP contribution is -2.28. The molecule has 1 heterocycles. The van der Waals surface area contributed by atoms with Crippen LogP contribution in [-0.4, -0.2) is 21.6 Å². The first-order valence-corrected chi connectivity index (χ1v) is 9.28. The molecule has 7 nitrogen and oxygen atoms in total. The molecule has 0 aliphatic rings. The summed E-state index contributed by atoms with van der Waals surface area (Å²) in [6.45, 7) is 3.95. The molecule has 0 bridgehead atoms. The molecule has 3 aromatic rings. The van der Waals surface area contributed by atoms with Gasteiger partial charge in [0.05, 0.1) is 5.69 Å². The zero-order chi connectivity index (χ0) is 20.8. The maximum Gasteiger partial charge on any atom is 0.272 e. The van der Waals surface area contributed by atoms with E-state index in [1.54, 1.807) is 36.4 Å². The number of hydrogen-bond acceptors (Lipinski definition) is 4. The van der Waals surface area contributed by atoms with Crippen molar-refractivity contribution in [1.29, 1.82) is 0 Å². The number of hydrogen-bond donors (Lipinski definition) is 2. The Hall–Kier alpha value is -3.74. The lowest BCUT2D eigenvalue weighted by Gasteiger charge is -2.10. The first kappa shape index (κ1) is 20.0. The van der Waals surface area contributed by atoms with Gasteiger partial charge in [0.15, 0.2) is 0 Å². The van der Waals surface area contributed by atoms with Gasteiger partial charge in [0, 0.05) is 24.2 Å². The van der Waals surface area contributed by atoms with Crippen LogP contribution < -0.4 is 16.2 Å². The van der Waals surface area contributed by atoms with Crippen molar-refractivity contribution >= 4 is 17.5 Å². The fourth-order valence-electron chi connectivity index (χ4n) is 2.55. The molecule has 3 rings (SSSR count). The zero-order valence-corrected chi connectivity index (χ0v) is 16.3. The Kier molecular flexibility index (Phi) is 6.19. The molecule has 0 aliphatic heterocycles. The Morgan fingerprint density at radius 3 is 2.31 bits per heavy atom. The minimum absolute atomic E-state index is 0.0503. The molecule has 29 heavy (non-hydrogen) atoms. The lowest BCUT2D eigenvalue weighted by molar-refractivity contribution is -0.118. The standard InChI is InChI=1S/C22H22N4O3/c1-15(2)21(28)24-17-10-8-16(9-11-17)14-23-22(29)19-12-13-20(27)26(25-19)18-6-4-3-5-7-18/h3-13,15H,14H2,1-2H3,(H,23,29)(H,24,28). The molecule has 2 aromatic carbocycles. The number of anilines is 1. The molecule has 0 fully saturated rings. The Balaban J connectivity index is 1.65. The van der Waals surface area contributed by atoms with Crippen molar-refractivity contribution in [1.82, 2.24) is 15.1 Å². The summed E-state index contributed by atoms with van der Waals surface area (Å²) in [5.74, 6) is -0.529. The third kappa shape index (κ3) is 5.16. The lowest BCUT2D eigenvalue weighted by atomic mass is 10.1. The summed E-state index contributed by atoms with van der Waals surface area (Å²) in [7, 11) is 0. The van der Waals surface area contributed by atoms with E-state index in [1.807, 2.05) is 32.0 Å². The van der Waals surface area contributed by atoms with Crippen LogP contribution in [0.15, 0.2) is 71.5 Å². The summed E-state index contributed by atoms with van der Waals surface area (Å²) in [6.07, 6.45) is 0. The van der Waals surface area contributed by atoms with E-state index in [4.69, 9.17) is 0 Å². The predicted octanol–water partition coefficient (Wildman–Crippen LogP) is 2.76. The maximum atomic E-state index is 12.5. The van der Waals surface area contributed by atoms with E-state index in [0.717, 1.165) is 5.56 Å². The number of carbonyl (C=O) groups excluding carboxylic acids is 2. The number of benzene rings is 2. The zero-order valence-electron chi connectivity index (χ0n) is 16.3. The maximum absolute atomic E-state index is 12.5. The van der Waals surface area contributed by atoms with Gasteiger partial charge in [-0.1, -0.05) is 44.2 Å². The average Bonchev–Trinajstić information content (AvgIpc) is 2.74. The monoisotopic (exact) mass is 390 g/mol. The fourth-order valence-corrected chi connectivity index (χ4v) is 2.55. The molecule has 2 N–H and O–H groups in total. The smallest absolute Gasteiger partial charge is 0.272 e. The summed E-state index contributed by atoms with van der Waals surface area (Å²) in [4.78, 5) is 36.2. The van der Waals surface area contributed by atoms with Gasteiger partial charge in [0.25, 0.3) is 11.5 Å². The van der Waals surface area contributed by atoms with Crippen molar-refractivity contribution in [2.24, 2.45) is 5.92 Å². The highest BCUT2D eigenvalue weighted by molar-refractivity contribution is 5.92. The van der Waals surface area contributed by atoms with Crippen LogP contribution in [0.25, 0.3) is 5.69 Å². The van der Waals surface area contributed by atoms with E-state index in [1.165, 1.54) is 16.8 Å². The van der Waals surface area contributed by atoms with Gasteiger partial charge in [-0.15, -0.1) is 0 Å². The third-order valence-electron chi connectivity index (χ3n) is 4.23. The highest BCUT2D eigenvalue weighted by Gasteiger charge is 2.11. The molecule has 2 amide bonds. The van der Waals surface area contributed by atoms with E-state index in [9.17, 15) is 14.4 Å². The SMILES string of the molecule is CC(C)C(=O)Nc1ccc(CNC(=O)c2ccc(=O)n(-c3ccccc3)n2)cc1. The van der Waals surface area contributed by atoms with Crippen molar-refractivity contribution in [3.63, 3.8) is 0 Å². The summed E-state index contributed by atoms with van der Waals surface area (Å²) in [6, 6.07) is 18.9. The third-order valence-corrected chi connectivity index (χ3v) is 4.23. The summed E-state index contributed by atoms with van der Waals surface area (Å²) < 4.78 is 1.20. The van der Waals surface area contributed by atoms with E-state index in [0.29, 0.717) is 17.9 Å². The van der Waals surface area contributed by atoms with E-state index in [2.05, 4.69) is 15.7 Å². The minimum Gasteiger partial charge on any atom is -0.347 e. The first-order valence-electron chi connectivity index (χ1n) is 9.28. The minimum atomic E-state index is -0.383. The van der Waals surface area contributed by atoms with Gasteiger partial charge >= 0.3 is 0 Å². The Labute approximate surface area is 168 Å². The Bertz CT molecular complexity index is 1060. The summed E-state index contributed by atoms with van der Waals surface area (Å²) in [5, 5.41) is 9.77. The van der Waals surface area contributed by atoms with Gasteiger partial charge in [0.1, 0.15) is 5.69 Å². The van der Waals surface area contributed by atoms with Crippen LogP contribution in [0, 0.1) is 5.92 Å². The predicted molar refractivity (Wildman–Crippen MR) is 111 cm³/mol. The molecule has 0 aliphatic carbocycles. The second-order valence-corrected chi connectivity index (χ2v) is 6.83. The van der Waals surface area contributed by atoms with Gasteiger partial charge in [0.2, 0.25) is 5.91 Å². The molecule has 7 heteroatoms. The van der Waals surface area contributed by atoms with Crippen LogP contribution in [0.5, 0.6) is 0 Å². The molecule has 0 saturated carbocycles. The topological polar surface area (TPSA) is 93.1 Å². The van der Waals surface area contributed by atoms with Crippen molar-refractivity contribution in [2.75, 3.05) is 5.32 Å². The molecule has 1 aromatic heterocycles. The van der Waals surface area contributed by atoms with Crippen LogP contribution >= 0.6 is 0 Å². The molecular formula is C22H22N4O3.